The van der Waals surface area contributed by atoms with E-state index < -0.39 is 20.4 Å². The van der Waals surface area contributed by atoms with Crippen molar-refractivity contribution in [3.8, 4) is 11.4 Å². The SMILES string of the molecule is CC(C)(C)n1c(-c2ccc(Br)c(F)c2)nnc1S(=O)(=O)Cl. The molecule has 0 spiro atoms. The summed E-state index contributed by atoms with van der Waals surface area (Å²) < 4.78 is 38.6. The summed E-state index contributed by atoms with van der Waals surface area (Å²) in [6.07, 6.45) is 0. The van der Waals surface area contributed by atoms with E-state index >= 15 is 0 Å². The van der Waals surface area contributed by atoms with E-state index in [-0.39, 0.29) is 11.0 Å². The molecule has 2 rings (SSSR count). The second kappa shape index (κ2) is 5.33. The summed E-state index contributed by atoms with van der Waals surface area (Å²) >= 11 is 3.06. The van der Waals surface area contributed by atoms with Crippen LogP contribution in [-0.4, -0.2) is 23.2 Å². The molecule has 114 valence electrons. The van der Waals surface area contributed by atoms with Gasteiger partial charge in [0.25, 0.3) is 14.2 Å². The molecule has 0 aliphatic rings. The third kappa shape index (κ3) is 3.27. The van der Waals surface area contributed by atoms with Crippen LogP contribution in [0.25, 0.3) is 11.4 Å². The van der Waals surface area contributed by atoms with Gasteiger partial charge in [-0.25, -0.2) is 12.8 Å². The van der Waals surface area contributed by atoms with Crippen LogP contribution < -0.4 is 0 Å². The minimum absolute atomic E-state index is 0.230. The summed E-state index contributed by atoms with van der Waals surface area (Å²) in [7, 11) is 1.33. The van der Waals surface area contributed by atoms with E-state index in [1.807, 2.05) is 0 Å². The van der Waals surface area contributed by atoms with Gasteiger partial charge in [0.15, 0.2) is 5.82 Å². The summed E-state index contributed by atoms with van der Waals surface area (Å²) in [5, 5.41) is 7.13. The molecule has 0 radical (unpaired) electrons. The first-order chi connectivity index (χ1) is 9.51. The van der Waals surface area contributed by atoms with Crippen LogP contribution in [-0.2, 0) is 14.6 Å². The number of halogens is 3. The highest BCUT2D eigenvalue weighted by molar-refractivity contribution is 9.10. The lowest BCUT2D eigenvalue weighted by molar-refractivity contribution is 0.367. The molecule has 0 aliphatic heterocycles. The Kier molecular flexibility index (Phi) is 4.16. The van der Waals surface area contributed by atoms with Gasteiger partial charge in [-0.1, -0.05) is 0 Å². The van der Waals surface area contributed by atoms with E-state index in [0.29, 0.717) is 10.0 Å². The Morgan fingerprint density at radius 2 is 1.90 bits per heavy atom. The number of rotatable bonds is 2. The molecule has 0 saturated heterocycles. The van der Waals surface area contributed by atoms with Gasteiger partial charge in [-0.3, -0.25) is 4.57 Å². The van der Waals surface area contributed by atoms with Gasteiger partial charge in [-0.2, -0.15) is 0 Å². The summed E-state index contributed by atoms with van der Waals surface area (Å²) in [4.78, 5) is 0. The van der Waals surface area contributed by atoms with Gasteiger partial charge in [0.2, 0.25) is 0 Å². The fourth-order valence-electron chi connectivity index (χ4n) is 1.85. The molecule has 9 heteroatoms. The highest BCUT2D eigenvalue weighted by Crippen LogP contribution is 2.30. The van der Waals surface area contributed by atoms with E-state index in [1.165, 1.54) is 16.7 Å². The Hall–Kier alpha value is -0.990. The van der Waals surface area contributed by atoms with Gasteiger partial charge in [-0.15, -0.1) is 10.2 Å². The van der Waals surface area contributed by atoms with Gasteiger partial charge in [0.1, 0.15) is 5.82 Å². The summed E-state index contributed by atoms with van der Waals surface area (Å²) in [5.74, 6) is -0.251. The minimum Gasteiger partial charge on any atom is -0.291 e. The van der Waals surface area contributed by atoms with Crippen molar-refractivity contribution in [1.29, 1.82) is 0 Å². The Morgan fingerprint density at radius 1 is 1.29 bits per heavy atom. The third-order valence-electron chi connectivity index (χ3n) is 2.70. The number of benzene rings is 1. The van der Waals surface area contributed by atoms with Crippen LogP contribution in [0.3, 0.4) is 0 Å². The molecule has 5 nitrogen and oxygen atoms in total. The fourth-order valence-corrected chi connectivity index (χ4v) is 3.12. The van der Waals surface area contributed by atoms with Crippen LogP contribution in [0.5, 0.6) is 0 Å². The van der Waals surface area contributed by atoms with Crippen LogP contribution in [0.2, 0.25) is 0 Å². The topological polar surface area (TPSA) is 64.8 Å². The van der Waals surface area contributed by atoms with Gasteiger partial charge >= 0.3 is 0 Å². The Labute approximate surface area is 134 Å². The van der Waals surface area contributed by atoms with Crippen molar-refractivity contribution in [3.05, 3.63) is 28.5 Å². The zero-order valence-electron chi connectivity index (χ0n) is 11.4. The molecular formula is C12H12BrClFN3O2S. The van der Waals surface area contributed by atoms with Crippen molar-refractivity contribution in [3.63, 3.8) is 0 Å². The van der Waals surface area contributed by atoms with Gasteiger partial charge in [-0.05, 0) is 54.9 Å². The predicted molar refractivity (Wildman–Crippen MR) is 81.2 cm³/mol. The van der Waals surface area contributed by atoms with Crippen LogP contribution >= 0.6 is 26.6 Å². The summed E-state index contributed by atoms with van der Waals surface area (Å²) in [5.41, 5.74) is -0.246. The van der Waals surface area contributed by atoms with E-state index in [1.54, 1.807) is 26.8 Å². The van der Waals surface area contributed by atoms with E-state index in [2.05, 4.69) is 26.1 Å². The number of nitrogens with zero attached hydrogens (tertiary/aromatic N) is 3. The molecule has 0 amide bonds. The summed E-state index contributed by atoms with van der Waals surface area (Å²) in [6, 6.07) is 4.38. The van der Waals surface area contributed by atoms with Crippen molar-refractivity contribution in [2.24, 2.45) is 0 Å². The number of hydrogen-bond acceptors (Lipinski definition) is 4. The Balaban J connectivity index is 2.76. The predicted octanol–water partition coefficient (Wildman–Crippen LogP) is 3.53. The van der Waals surface area contributed by atoms with Crippen LogP contribution in [0.4, 0.5) is 4.39 Å². The largest absolute Gasteiger partial charge is 0.296 e. The summed E-state index contributed by atoms with van der Waals surface area (Å²) in [6.45, 7) is 5.34. The number of aromatic nitrogens is 3. The second-order valence-electron chi connectivity index (χ2n) is 5.38. The average molecular weight is 397 g/mol. The fraction of sp³-hybridized carbons (Fsp3) is 0.333. The molecular weight excluding hydrogens is 385 g/mol. The molecule has 0 atom stereocenters. The normalized spacial score (nSPS) is 12.7. The first-order valence-corrected chi connectivity index (χ1v) is 8.98. The maximum absolute atomic E-state index is 13.7. The molecule has 0 saturated carbocycles. The highest BCUT2D eigenvalue weighted by Gasteiger charge is 2.30. The molecule has 1 aromatic carbocycles. The smallest absolute Gasteiger partial charge is 0.291 e. The van der Waals surface area contributed by atoms with Gasteiger partial charge in [0, 0.05) is 21.8 Å². The highest BCUT2D eigenvalue weighted by atomic mass is 79.9. The maximum Gasteiger partial charge on any atom is 0.296 e. The molecule has 2 aromatic rings. The van der Waals surface area contributed by atoms with Gasteiger partial charge in [0.05, 0.1) is 4.47 Å². The van der Waals surface area contributed by atoms with Crippen molar-refractivity contribution < 1.29 is 12.8 Å². The number of hydrogen-bond donors (Lipinski definition) is 0. The van der Waals surface area contributed by atoms with Crippen LogP contribution in [0.1, 0.15) is 20.8 Å². The first-order valence-electron chi connectivity index (χ1n) is 5.88. The first kappa shape index (κ1) is 16.4. The molecule has 0 aliphatic carbocycles. The molecule has 0 N–H and O–H groups in total. The average Bonchev–Trinajstić information content (AvgIpc) is 2.76. The molecule has 21 heavy (non-hydrogen) atoms. The molecule has 0 unspecified atom stereocenters. The Morgan fingerprint density at radius 3 is 2.38 bits per heavy atom. The zero-order chi connectivity index (χ0) is 16.0. The molecule has 0 bridgehead atoms. The zero-order valence-corrected chi connectivity index (χ0v) is 14.6. The van der Waals surface area contributed by atoms with Gasteiger partial charge < -0.3 is 0 Å². The standard InChI is InChI=1S/C12H12BrClFN3O2S/c1-12(2,3)18-10(16-17-11(18)21(14,19)20)7-4-5-8(13)9(15)6-7/h4-6H,1-3H3. The third-order valence-corrected chi connectivity index (χ3v) is 4.46. The molecule has 1 heterocycles. The maximum atomic E-state index is 13.7. The monoisotopic (exact) mass is 395 g/mol. The molecule has 1 aromatic heterocycles. The van der Waals surface area contributed by atoms with Crippen LogP contribution in [0.15, 0.2) is 27.8 Å². The second-order valence-corrected chi connectivity index (χ2v) is 8.69. The lowest BCUT2D eigenvalue weighted by Gasteiger charge is -2.24. The quantitative estimate of drug-likeness (QED) is 0.729. The van der Waals surface area contributed by atoms with E-state index in [9.17, 15) is 12.8 Å². The van der Waals surface area contributed by atoms with Crippen molar-refractivity contribution in [1.82, 2.24) is 14.8 Å². The van der Waals surface area contributed by atoms with E-state index in [4.69, 9.17) is 10.7 Å². The van der Waals surface area contributed by atoms with Crippen LogP contribution in [0, 0.1) is 5.82 Å². The lowest BCUT2D eigenvalue weighted by Crippen LogP contribution is -2.25. The minimum atomic E-state index is -4.06. The molecule has 0 fully saturated rings. The Bertz CT molecular complexity index is 799. The van der Waals surface area contributed by atoms with Crippen molar-refractivity contribution in [2.75, 3.05) is 0 Å². The van der Waals surface area contributed by atoms with E-state index in [0.717, 1.165) is 0 Å². The van der Waals surface area contributed by atoms with Crippen molar-refractivity contribution in [2.45, 2.75) is 31.5 Å². The van der Waals surface area contributed by atoms with Crippen molar-refractivity contribution >= 4 is 35.7 Å². The lowest BCUT2D eigenvalue weighted by atomic mass is 10.1.